The van der Waals surface area contributed by atoms with Gasteiger partial charge in [0, 0.05) is 38.9 Å². The summed E-state index contributed by atoms with van der Waals surface area (Å²) in [4.78, 5) is 27.1. The molecule has 1 amide bonds. The van der Waals surface area contributed by atoms with Crippen molar-refractivity contribution in [2.75, 3.05) is 13.1 Å². The van der Waals surface area contributed by atoms with Crippen LogP contribution in [0.1, 0.15) is 53.5 Å². The van der Waals surface area contributed by atoms with Crippen molar-refractivity contribution >= 4 is 23.0 Å². The fraction of sp³-hybridized carbons (Fsp3) is 0.529. The molecule has 2 aromatic rings. The molecule has 0 aromatic carbocycles. The highest BCUT2D eigenvalue weighted by molar-refractivity contribution is 7.12. The van der Waals surface area contributed by atoms with E-state index in [1.165, 1.54) is 11.3 Å². The van der Waals surface area contributed by atoms with Gasteiger partial charge in [-0.05, 0) is 30.7 Å². The Hall–Kier alpha value is -2.02. The average Bonchev–Trinajstić information content (AvgIpc) is 3.26. The SMILES string of the molecule is Cn1cnnc1[C@@H]1CCCN(C(=O)CCCC(=O)c2cccs2)C1. The number of ketones is 1. The molecule has 6 nitrogen and oxygen atoms in total. The third kappa shape index (κ3) is 3.90. The summed E-state index contributed by atoms with van der Waals surface area (Å²) in [6.07, 6.45) is 5.20. The second kappa shape index (κ2) is 7.70. The molecule has 0 bridgehead atoms. The van der Waals surface area contributed by atoms with Crippen LogP contribution in [0.3, 0.4) is 0 Å². The van der Waals surface area contributed by atoms with Crippen LogP contribution in [0.2, 0.25) is 0 Å². The van der Waals surface area contributed by atoms with Crippen molar-refractivity contribution < 1.29 is 9.59 Å². The van der Waals surface area contributed by atoms with Gasteiger partial charge in [0.1, 0.15) is 12.2 Å². The van der Waals surface area contributed by atoms with Gasteiger partial charge in [-0.1, -0.05) is 6.07 Å². The molecule has 0 spiro atoms. The van der Waals surface area contributed by atoms with Crippen molar-refractivity contribution in [3.05, 3.63) is 34.5 Å². The first-order valence-corrected chi connectivity index (χ1v) is 9.21. The Morgan fingerprint density at radius 2 is 2.25 bits per heavy atom. The molecule has 24 heavy (non-hydrogen) atoms. The lowest BCUT2D eigenvalue weighted by molar-refractivity contribution is -0.132. The molecule has 0 radical (unpaired) electrons. The van der Waals surface area contributed by atoms with Crippen LogP contribution in [0.15, 0.2) is 23.8 Å². The Bertz CT molecular complexity index is 695. The van der Waals surface area contributed by atoms with Gasteiger partial charge in [-0.2, -0.15) is 0 Å². The van der Waals surface area contributed by atoms with E-state index in [0.717, 1.165) is 30.1 Å². The number of aryl methyl sites for hydroxylation is 1. The number of Topliss-reactive ketones (excluding diaryl/α,β-unsaturated/α-hetero) is 1. The smallest absolute Gasteiger partial charge is 0.222 e. The predicted molar refractivity (Wildman–Crippen MR) is 92.1 cm³/mol. The lowest BCUT2D eigenvalue weighted by Crippen LogP contribution is -2.39. The molecule has 1 aliphatic rings. The van der Waals surface area contributed by atoms with Crippen LogP contribution in [-0.2, 0) is 11.8 Å². The lowest BCUT2D eigenvalue weighted by Gasteiger charge is -2.32. The summed E-state index contributed by atoms with van der Waals surface area (Å²) >= 11 is 1.46. The van der Waals surface area contributed by atoms with Crippen molar-refractivity contribution in [3.8, 4) is 0 Å². The summed E-state index contributed by atoms with van der Waals surface area (Å²) in [6, 6.07) is 3.72. The number of carbonyl (C=O) groups excluding carboxylic acids is 2. The molecule has 3 heterocycles. The Morgan fingerprint density at radius 1 is 1.38 bits per heavy atom. The Balaban J connectivity index is 1.48. The van der Waals surface area contributed by atoms with E-state index < -0.39 is 0 Å². The normalized spacial score (nSPS) is 17.9. The molecule has 3 rings (SSSR count). The monoisotopic (exact) mass is 346 g/mol. The Kier molecular flexibility index (Phi) is 5.40. The average molecular weight is 346 g/mol. The Morgan fingerprint density at radius 3 is 2.96 bits per heavy atom. The first-order chi connectivity index (χ1) is 11.6. The van der Waals surface area contributed by atoms with Gasteiger partial charge in [0.2, 0.25) is 5.91 Å². The van der Waals surface area contributed by atoms with Crippen molar-refractivity contribution in [3.63, 3.8) is 0 Å². The molecular weight excluding hydrogens is 324 g/mol. The molecule has 7 heteroatoms. The second-order valence-corrected chi connectivity index (χ2v) is 7.18. The van der Waals surface area contributed by atoms with Gasteiger partial charge in [-0.3, -0.25) is 9.59 Å². The van der Waals surface area contributed by atoms with E-state index >= 15 is 0 Å². The molecule has 0 saturated carbocycles. The molecule has 1 saturated heterocycles. The maximum absolute atomic E-state index is 12.4. The van der Waals surface area contributed by atoms with E-state index in [2.05, 4.69) is 10.2 Å². The third-order valence-electron chi connectivity index (χ3n) is 4.48. The molecule has 1 aliphatic heterocycles. The highest BCUT2D eigenvalue weighted by Gasteiger charge is 2.27. The van der Waals surface area contributed by atoms with Crippen LogP contribution in [0.4, 0.5) is 0 Å². The van der Waals surface area contributed by atoms with E-state index in [4.69, 9.17) is 0 Å². The molecule has 0 unspecified atom stereocenters. The number of hydrogen-bond acceptors (Lipinski definition) is 5. The van der Waals surface area contributed by atoms with E-state index in [1.807, 2.05) is 34.0 Å². The van der Waals surface area contributed by atoms with Gasteiger partial charge >= 0.3 is 0 Å². The minimum absolute atomic E-state index is 0.133. The number of nitrogens with zero attached hydrogens (tertiary/aromatic N) is 4. The number of likely N-dealkylation sites (tertiary alicyclic amines) is 1. The van der Waals surface area contributed by atoms with Crippen LogP contribution in [0.25, 0.3) is 0 Å². The largest absolute Gasteiger partial charge is 0.342 e. The van der Waals surface area contributed by atoms with E-state index in [1.54, 1.807) is 6.33 Å². The van der Waals surface area contributed by atoms with Crippen molar-refractivity contribution in [2.45, 2.75) is 38.0 Å². The summed E-state index contributed by atoms with van der Waals surface area (Å²) in [5, 5.41) is 10.0. The topological polar surface area (TPSA) is 68.1 Å². The number of hydrogen-bond donors (Lipinski definition) is 0. The number of aromatic nitrogens is 3. The fourth-order valence-electron chi connectivity index (χ4n) is 3.19. The van der Waals surface area contributed by atoms with Gasteiger partial charge in [0.15, 0.2) is 5.78 Å². The van der Waals surface area contributed by atoms with Crippen molar-refractivity contribution in [1.82, 2.24) is 19.7 Å². The summed E-state index contributed by atoms with van der Waals surface area (Å²) in [7, 11) is 1.94. The quantitative estimate of drug-likeness (QED) is 0.754. The predicted octanol–water partition coefficient (Wildman–Crippen LogP) is 2.64. The number of carbonyl (C=O) groups is 2. The molecule has 0 aliphatic carbocycles. The standard InChI is InChI=1S/C17H22N4O2S/c1-20-12-18-19-17(20)13-5-3-9-21(11-13)16(23)8-2-6-14(22)15-7-4-10-24-15/h4,7,10,12-13H,2-3,5-6,8-9,11H2,1H3/t13-/m1/s1. The van der Waals surface area contributed by atoms with Crippen molar-refractivity contribution in [2.24, 2.45) is 7.05 Å². The zero-order chi connectivity index (χ0) is 16.9. The van der Waals surface area contributed by atoms with Gasteiger partial charge in [0.25, 0.3) is 0 Å². The molecule has 0 N–H and O–H groups in total. The van der Waals surface area contributed by atoms with Gasteiger partial charge in [0.05, 0.1) is 4.88 Å². The van der Waals surface area contributed by atoms with E-state index in [-0.39, 0.29) is 17.6 Å². The summed E-state index contributed by atoms with van der Waals surface area (Å²) in [5.74, 6) is 1.47. The summed E-state index contributed by atoms with van der Waals surface area (Å²) < 4.78 is 1.93. The van der Waals surface area contributed by atoms with Gasteiger partial charge < -0.3 is 9.47 Å². The molecule has 1 fully saturated rings. The summed E-state index contributed by atoms with van der Waals surface area (Å²) in [5.41, 5.74) is 0. The molecule has 1 atom stereocenters. The molecule has 128 valence electrons. The number of piperidine rings is 1. The number of rotatable bonds is 6. The highest BCUT2D eigenvalue weighted by Crippen LogP contribution is 2.25. The van der Waals surface area contributed by atoms with Crippen LogP contribution in [-0.4, -0.2) is 44.4 Å². The zero-order valence-electron chi connectivity index (χ0n) is 13.9. The van der Waals surface area contributed by atoms with E-state index in [9.17, 15) is 9.59 Å². The minimum Gasteiger partial charge on any atom is -0.342 e. The highest BCUT2D eigenvalue weighted by atomic mass is 32.1. The third-order valence-corrected chi connectivity index (χ3v) is 5.39. The lowest BCUT2D eigenvalue weighted by atomic mass is 9.96. The Labute approximate surface area is 145 Å². The van der Waals surface area contributed by atoms with Crippen LogP contribution in [0, 0.1) is 0 Å². The minimum atomic E-state index is 0.133. The maximum Gasteiger partial charge on any atom is 0.222 e. The maximum atomic E-state index is 12.4. The number of amides is 1. The fourth-order valence-corrected chi connectivity index (χ4v) is 3.89. The number of thiophene rings is 1. The van der Waals surface area contributed by atoms with E-state index in [0.29, 0.717) is 25.8 Å². The van der Waals surface area contributed by atoms with Crippen LogP contribution >= 0.6 is 11.3 Å². The van der Waals surface area contributed by atoms with Crippen LogP contribution < -0.4 is 0 Å². The summed E-state index contributed by atoms with van der Waals surface area (Å²) in [6.45, 7) is 1.50. The van der Waals surface area contributed by atoms with Crippen LogP contribution in [0.5, 0.6) is 0 Å². The molecule has 2 aromatic heterocycles. The second-order valence-electron chi connectivity index (χ2n) is 6.23. The van der Waals surface area contributed by atoms with Gasteiger partial charge in [-0.25, -0.2) is 0 Å². The molecular formula is C17H22N4O2S. The van der Waals surface area contributed by atoms with Gasteiger partial charge in [-0.15, -0.1) is 21.5 Å². The van der Waals surface area contributed by atoms with Crippen molar-refractivity contribution in [1.29, 1.82) is 0 Å². The first kappa shape index (κ1) is 16.8. The first-order valence-electron chi connectivity index (χ1n) is 8.33. The zero-order valence-corrected chi connectivity index (χ0v) is 14.7.